The number of carbonyl (C=O) groups excluding carboxylic acids is 1. The van der Waals surface area contributed by atoms with Gasteiger partial charge in [0, 0.05) is 5.56 Å². The van der Waals surface area contributed by atoms with Crippen LogP contribution in [0, 0.1) is 18.8 Å². The summed E-state index contributed by atoms with van der Waals surface area (Å²) in [6.07, 6.45) is 0. The van der Waals surface area contributed by atoms with Crippen molar-refractivity contribution in [1.82, 2.24) is 0 Å². The summed E-state index contributed by atoms with van der Waals surface area (Å²) in [7, 11) is 0. The molecule has 0 aliphatic carbocycles. The van der Waals surface area contributed by atoms with Crippen LogP contribution in [0.3, 0.4) is 0 Å². The first-order chi connectivity index (χ1) is 10.1. The van der Waals surface area contributed by atoms with Crippen molar-refractivity contribution >= 4 is 23.2 Å². The molecule has 0 heterocycles. The van der Waals surface area contributed by atoms with Gasteiger partial charge in [-0.25, -0.2) is 0 Å². The van der Waals surface area contributed by atoms with Gasteiger partial charge >= 0.3 is 0 Å². The van der Waals surface area contributed by atoms with Crippen LogP contribution in [-0.4, -0.2) is 17.6 Å². The molecule has 0 radical (unpaired) electrons. The standard InChI is InChI=1S/C17H14ClNO2/c1-12-8-9-14(13(11-12)5-4-10-20)17(21)19-16-7-3-2-6-15(16)18/h2-3,6-9,11,20H,10H2,1H3,(H,19,21). The minimum atomic E-state index is -0.287. The number of aliphatic hydroxyl groups is 1. The number of rotatable bonds is 2. The number of carbonyl (C=O) groups is 1. The van der Waals surface area contributed by atoms with E-state index in [4.69, 9.17) is 16.7 Å². The summed E-state index contributed by atoms with van der Waals surface area (Å²) in [6.45, 7) is 1.67. The molecular formula is C17H14ClNO2. The third kappa shape index (κ3) is 3.85. The van der Waals surface area contributed by atoms with E-state index in [1.807, 2.05) is 19.1 Å². The quantitative estimate of drug-likeness (QED) is 0.836. The molecule has 0 aliphatic rings. The molecule has 2 aromatic rings. The molecule has 2 N–H and O–H groups in total. The third-order valence-corrected chi connectivity index (χ3v) is 3.17. The highest BCUT2D eigenvalue weighted by molar-refractivity contribution is 6.33. The molecule has 0 saturated carbocycles. The van der Waals surface area contributed by atoms with Crippen molar-refractivity contribution in [1.29, 1.82) is 0 Å². The Balaban J connectivity index is 2.33. The molecule has 3 nitrogen and oxygen atoms in total. The molecule has 2 aromatic carbocycles. The Morgan fingerprint density at radius 1 is 1.29 bits per heavy atom. The first kappa shape index (κ1) is 15.1. The number of para-hydroxylation sites is 1. The summed E-state index contributed by atoms with van der Waals surface area (Å²) in [5.41, 5.74) is 2.56. The Kier molecular flexibility index (Phi) is 4.99. The smallest absolute Gasteiger partial charge is 0.256 e. The van der Waals surface area contributed by atoms with E-state index < -0.39 is 0 Å². The molecule has 1 amide bonds. The average molecular weight is 300 g/mol. The molecule has 0 atom stereocenters. The predicted molar refractivity (Wildman–Crippen MR) is 84.5 cm³/mol. The van der Waals surface area contributed by atoms with Gasteiger partial charge in [-0.2, -0.15) is 0 Å². The maximum atomic E-state index is 12.4. The number of anilines is 1. The normalized spacial score (nSPS) is 9.67. The summed E-state index contributed by atoms with van der Waals surface area (Å²) < 4.78 is 0. The fraction of sp³-hybridized carbons (Fsp3) is 0.118. The fourth-order valence-electron chi connectivity index (χ4n) is 1.85. The van der Waals surface area contributed by atoms with Crippen molar-refractivity contribution in [3.05, 3.63) is 64.2 Å². The number of nitrogens with one attached hydrogen (secondary N) is 1. The summed E-state index contributed by atoms with van der Waals surface area (Å²) in [5.74, 6) is 5.07. The zero-order valence-electron chi connectivity index (χ0n) is 11.5. The van der Waals surface area contributed by atoms with Crippen molar-refractivity contribution in [2.75, 3.05) is 11.9 Å². The largest absolute Gasteiger partial charge is 0.384 e. The molecular weight excluding hydrogens is 286 g/mol. The molecule has 0 aliphatic heterocycles. The number of hydrogen-bond donors (Lipinski definition) is 2. The van der Waals surface area contributed by atoms with Gasteiger partial charge in [-0.15, -0.1) is 0 Å². The van der Waals surface area contributed by atoms with Gasteiger partial charge < -0.3 is 10.4 Å². The second kappa shape index (κ2) is 6.94. The minimum Gasteiger partial charge on any atom is -0.384 e. The van der Waals surface area contributed by atoms with E-state index in [0.717, 1.165) is 5.56 Å². The molecule has 0 fully saturated rings. The maximum absolute atomic E-state index is 12.4. The van der Waals surface area contributed by atoms with Crippen LogP contribution in [0.5, 0.6) is 0 Å². The molecule has 0 spiro atoms. The molecule has 106 valence electrons. The number of amides is 1. The van der Waals surface area contributed by atoms with E-state index in [2.05, 4.69) is 17.2 Å². The van der Waals surface area contributed by atoms with E-state index in [1.54, 1.807) is 30.3 Å². The molecule has 4 heteroatoms. The van der Waals surface area contributed by atoms with Gasteiger partial charge in [0.05, 0.1) is 16.3 Å². The lowest BCUT2D eigenvalue weighted by Crippen LogP contribution is -2.14. The van der Waals surface area contributed by atoms with Gasteiger partial charge in [-0.1, -0.05) is 41.6 Å². The first-order valence-electron chi connectivity index (χ1n) is 6.38. The summed E-state index contributed by atoms with van der Waals surface area (Å²) in [5, 5.41) is 12.0. The number of halogens is 1. The zero-order valence-corrected chi connectivity index (χ0v) is 12.2. The second-order valence-corrected chi connectivity index (χ2v) is 4.85. The molecule has 0 bridgehead atoms. The first-order valence-corrected chi connectivity index (χ1v) is 6.76. The van der Waals surface area contributed by atoms with E-state index in [9.17, 15) is 4.79 Å². The van der Waals surface area contributed by atoms with E-state index in [-0.39, 0.29) is 12.5 Å². The van der Waals surface area contributed by atoms with Crippen LogP contribution < -0.4 is 5.32 Å². The van der Waals surface area contributed by atoms with Gasteiger partial charge in [-0.05, 0) is 36.8 Å². The zero-order chi connectivity index (χ0) is 15.2. The summed E-state index contributed by atoms with van der Waals surface area (Å²) >= 11 is 6.03. The van der Waals surface area contributed by atoms with Gasteiger partial charge in [0.15, 0.2) is 0 Å². The van der Waals surface area contributed by atoms with E-state index in [1.165, 1.54) is 0 Å². The van der Waals surface area contributed by atoms with Crippen LogP contribution >= 0.6 is 11.6 Å². The Morgan fingerprint density at radius 3 is 2.76 bits per heavy atom. The third-order valence-electron chi connectivity index (χ3n) is 2.84. The minimum absolute atomic E-state index is 0.250. The van der Waals surface area contributed by atoms with Crippen LogP contribution in [-0.2, 0) is 0 Å². The van der Waals surface area contributed by atoms with Crippen LogP contribution in [0.25, 0.3) is 0 Å². The van der Waals surface area contributed by atoms with Crippen molar-refractivity contribution in [3.8, 4) is 11.8 Å². The van der Waals surface area contributed by atoms with Gasteiger partial charge in [-0.3, -0.25) is 4.79 Å². The van der Waals surface area contributed by atoms with Crippen molar-refractivity contribution in [3.63, 3.8) is 0 Å². The van der Waals surface area contributed by atoms with Gasteiger partial charge in [0.1, 0.15) is 6.61 Å². The van der Waals surface area contributed by atoms with Crippen molar-refractivity contribution in [2.24, 2.45) is 0 Å². The average Bonchev–Trinajstić information content (AvgIpc) is 2.47. The lowest BCUT2D eigenvalue weighted by molar-refractivity contribution is 0.102. The van der Waals surface area contributed by atoms with Crippen LogP contribution in [0.1, 0.15) is 21.5 Å². The molecule has 2 rings (SSSR count). The Hall–Kier alpha value is -2.28. The van der Waals surface area contributed by atoms with Gasteiger partial charge in [0.2, 0.25) is 0 Å². The Bertz CT molecular complexity index is 729. The molecule has 0 unspecified atom stereocenters. The number of aliphatic hydroxyl groups excluding tert-OH is 1. The molecule has 21 heavy (non-hydrogen) atoms. The summed E-state index contributed by atoms with van der Waals surface area (Å²) in [4.78, 5) is 12.4. The van der Waals surface area contributed by atoms with Crippen LogP contribution in [0.4, 0.5) is 5.69 Å². The maximum Gasteiger partial charge on any atom is 0.256 e. The highest BCUT2D eigenvalue weighted by Gasteiger charge is 2.12. The van der Waals surface area contributed by atoms with Crippen LogP contribution in [0.2, 0.25) is 5.02 Å². The lowest BCUT2D eigenvalue weighted by atomic mass is 10.0. The Morgan fingerprint density at radius 2 is 2.05 bits per heavy atom. The van der Waals surface area contributed by atoms with Crippen molar-refractivity contribution in [2.45, 2.75) is 6.92 Å². The summed E-state index contributed by atoms with van der Waals surface area (Å²) in [6, 6.07) is 12.4. The van der Waals surface area contributed by atoms with E-state index >= 15 is 0 Å². The molecule has 0 aromatic heterocycles. The number of benzene rings is 2. The topological polar surface area (TPSA) is 49.3 Å². The van der Waals surface area contributed by atoms with Crippen LogP contribution in [0.15, 0.2) is 42.5 Å². The predicted octanol–water partition coefficient (Wildman–Crippen LogP) is 3.24. The van der Waals surface area contributed by atoms with E-state index in [0.29, 0.717) is 21.8 Å². The fourth-order valence-corrected chi connectivity index (χ4v) is 2.03. The SMILES string of the molecule is Cc1ccc(C(=O)Nc2ccccc2Cl)c(C#CCO)c1. The molecule has 0 saturated heterocycles. The highest BCUT2D eigenvalue weighted by atomic mass is 35.5. The monoisotopic (exact) mass is 299 g/mol. The number of hydrogen-bond acceptors (Lipinski definition) is 2. The highest BCUT2D eigenvalue weighted by Crippen LogP contribution is 2.22. The lowest BCUT2D eigenvalue weighted by Gasteiger charge is -2.09. The number of aryl methyl sites for hydroxylation is 1. The second-order valence-electron chi connectivity index (χ2n) is 4.44. The Labute approximate surface area is 128 Å². The van der Waals surface area contributed by atoms with Gasteiger partial charge in [0.25, 0.3) is 5.91 Å². The van der Waals surface area contributed by atoms with Crippen molar-refractivity contribution < 1.29 is 9.90 Å².